The number of nitrogens with zero attached hydrogens (tertiary/aromatic N) is 5. The Hall–Kier alpha value is -1.01. The van der Waals surface area contributed by atoms with E-state index in [4.69, 9.17) is 0 Å². The summed E-state index contributed by atoms with van der Waals surface area (Å²) < 4.78 is 1.94. The van der Waals surface area contributed by atoms with Gasteiger partial charge in [-0.15, -0.1) is 5.10 Å². The molecule has 6 heteroatoms. The van der Waals surface area contributed by atoms with Crippen LogP contribution in [0.1, 0.15) is 45.9 Å². The third-order valence-corrected chi connectivity index (χ3v) is 4.01. The van der Waals surface area contributed by atoms with Crippen LogP contribution in [0.25, 0.3) is 0 Å². The molecule has 1 atom stereocenters. The van der Waals surface area contributed by atoms with Gasteiger partial charge in [-0.1, -0.05) is 6.92 Å². The summed E-state index contributed by atoms with van der Waals surface area (Å²) in [6.07, 6.45) is 3.69. The molecule has 0 aliphatic carbocycles. The molecule has 1 aromatic rings. The van der Waals surface area contributed by atoms with Crippen LogP contribution < -0.4 is 5.32 Å². The van der Waals surface area contributed by atoms with Crippen LogP contribution in [-0.2, 0) is 13.1 Å². The molecule has 1 saturated heterocycles. The Morgan fingerprint density at radius 3 is 2.95 bits per heavy atom. The standard InChI is InChI=1S/C14H28N6/c1-4-8-20-14(16-17-18-20)11-19(12(2)3)10-13-6-5-7-15-9-13/h12-13,15H,4-11H2,1-3H3. The molecule has 0 saturated carbocycles. The van der Waals surface area contributed by atoms with Crippen LogP contribution in [0, 0.1) is 5.92 Å². The van der Waals surface area contributed by atoms with E-state index in [1.807, 2.05) is 4.68 Å². The second-order valence-corrected chi connectivity index (χ2v) is 6.05. The molecule has 1 aromatic heterocycles. The van der Waals surface area contributed by atoms with Gasteiger partial charge in [0.15, 0.2) is 5.82 Å². The van der Waals surface area contributed by atoms with E-state index in [9.17, 15) is 0 Å². The Kier molecular flexibility index (Phi) is 5.91. The lowest BCUT2D eigenvalue weighted by molar-refractivity contribution is 0.157. The second kappa shape index (κ2) is 7.69. The van der Waals surface area contributed by atoms with Crippen LogP contribution in [0.5, 0.6) is 0 Å². The third-order valence-electron chi connectivity index (χ3n) is 4.01. The summed E-state index contributed by atoms with van der Waals surface area (Å²) >= 11 is 0. The van der Waals surface area contributed by atoms with E-state index in [0.29, 0.717) is 6.04 Å². The molecular weight excluding hydrogens is 252 g/mol. The zero-order chi connectivity index (χ0) is 14.4. The molecule has 2 rings (SSSR count). The molecule has 0 aromatic carbocycles. The Bertz CT molecular complexity index is 383. The van der Waals surface area contributed by atoms with Crippen LogP contribution in [0.3, 0.4) is 0 Å². The fourth-order valence-electron chi connectivity index (χ4n) is 2.77. The smallest absolute Gasteiger partial charge is 0.165 e. The van der Waals surface area contributed by atoms with Crippen molar-refractivity contribution < 1.29 is 0 Å². The van der Waals surface area contributed by atoms with Gasteiger partial charge in [-0.2, -0.15) is 0 Å². The summed E-state index contributed by atoms with van der Waals surface area (Å²) in [4.78, 5) is 2.50. The average Bonchev–Trinajstić information content (AvgIpc) is 2.87. The highest BCUT2D eigenvalue weighted by Crippen LogP contribution is 2.15. The molecule has 1 aliphatic heterocycles. The van der Waals surface area contributed by atoms with Gasteiger partial charge in [-0.25, -0.2) is 4.68 Å². The lowest BCUT2D eigenvalue weighted by atomic mass is 9.98. The van der Waals surface area contributed by atoms with Crippen molar-refractivity contribution in [3.05, 3.63) is 5.82 Å². The number of piperidine rings is 1. The molecule has 1 aliphatic rings. The zero-order valence-corrected chi connectivity index (χ0v) is 13.0. The van der Waals surface area contributed by atoms with Crippen molar-refractivity contribution in [3.8, 4) is 0 Å². The highest BCUT2D eigenvalue weighted by Gasteiger charge is 2.20. The normalized spacial score (nSPS) is 19.9. The molecule has 1 unspecified atom stereocenters. The Labute approximate surface area is 121 Å². The van der Waals surface area contributed by atoms with Gasteiger partial charge >= 0.3 is 0 Å². The van der Waals surface area contributed by atoms with Crippen molar-refractivity contribution in [2.45, 2.75) is 59.2 Å². The molecule has 0 radical (unpaired) electrons. The van der Waals surface area contributed by atoms with E-state index in [0.717, 1.165) is 44.3 Å². The number of rotatable bonds is 7. The van der Waals surface area contributed by atoms with Crippen LogP contribution >= 0.6 is 0 Å². The number of hydrogen-bond acceptors (Lipinski definition) is 5. The summed E-state index contributed by atoms with van der Waals surface area (Å²) in [5.41, 5.74) is 0. The summed E-state index contributed by atoms with van der Waals surface area (Å²) in [7, 11) is 0. The number of hydrogen-bond donors (Lipinski definition) is 1. The average molecular weight is 280 g/mol. The minimum Gasteiger partial charge on any atom is -0.316 e. The van der Waals surface area contributed by atoms with Gasteiger partial charge < -0.3 is 5.32 Å². The summed E-state index contributed by atoms with van der Waals surface area (Å²) in [5.74, 6) is 1.74. The van der Waals surface area contributed by atoms with E-state index in [1.54, 1.807) is 0 Å². The summed E-state index contributed by atoms with van der Waals surface area (Å²) in [6.45, 7) is 11.9. The lowest BCUT2D eigenvalue weighted by Crippen LogP contribution is -2.41. The van der Waals surface area contributed by atoms with Crippen molar-refractivity contribution in [1.29, 1.82) is 0 Å². The molecular formula is C14H28N6. The first-order chi connectivity index (χ1) is 9.70. The molecule has 0 amide bonds. The van der Waals surface area contributed by atoms with Crippen molar-refractivity contribution in [1.82, 2.24) is 30.4 Å². The third kappa shape index (κ3) is 4.24. The maximum absolute atomic E-state index is 4.19. The highest BCUT2D eigenvalue weighted by molar-refractivity contribution is 4.84. The van der Waals surface area contributed by atoms with Crippen molar-refractivity contribution in [3.63, 3.8) is 0 Å². The summed E-state index contributed by atoms with van der Waals surface area (Å²) in [6, 6.07) is 0.517. The van der Waals surface area contributed by atoms with E-state index < -0.39 is 0 Å². The Morgan fingerprint density at radius 1 is 1.45 bits per heavy atom. The van der Waals surface area contributed by atoms with E-state index in [1.165, 1.54) is 19.4 Å². The molecule has 0 spiro atoms. The Morgan fingerprint density at radius 2 is 2.30 bits per heavy atom. The van der Waals surface area contributed by atoms with E-state index in [2.05, 4.69) is 46.5 Å². The minimum absolute atomic E-state index is 0.517. The molecule has 20 heavy (non-hydrogen) atoms. The van der Waals surface area contributed by atoms with Crippen molar-refractivity contribution in [2.75, 3.05) is 19.6 Å². The summed E-state index contributed by atoms with van der Waals surface area (Å²) in [5, 5.41) is 15.6. The fourth-order valence-corrected chi connectivity index (χ4v) is 2.77. The SMILES string of the molecule is CCCn1nnnc1CN(CC1CCCNC1)C(C)C. The highest BCUT2D eigenvalue weighted by atomic mass is 15.5. The van der Waals surface area contributed by atoms with Gasteiger partial charge in [0, 0.05) is 19.1 Å². The van der Waals surface area contributed by atoms with E-state index >= 15 is 0 Å². The lowest BCUT2D eigenvalue weighted by Gasteiger charge is -2.32. The van der Waals surface area contributed by atoms with Crippen LogP contribution in [0.4, 0.5) is 0 Å². The molecule has 114 valence electrons. The monoisotopic (exact) mass is 280 g/mol. The maximum Gasteiger partial charge on any atom is 0.165 e. The van der Waals surface area contributed by atoms with Crippen molar-refractivity contribution >= 4 is 0 Å². The second-order valence-electron chi connectivity index (χ2n) is 6.05. The molecule has 1 N–H and O–H groups in total. The first-order valence-corrected chi connectivity index (χ1v) is 7.90. The number of aromatic nitrogens is 4. The maximum atomic E-state index is 4.19. The van der Waals surface area contributed by atoms with Gasteiger partial charge in [0.2, 0.25) is 0 Å². The number of nitrogens with one attached hydrogen (secondary N) is 1. The van der Waals surface area contributed by atoms with Gasteiger partial charge in [0.1, 0.15) is 0 Å². The predicted octanol–water partition coefficient (Wildman–Crippen LogP) is 1.29. The number of aryl methyl sites for hydroxylation is 1. The molecule has 0 bridgehead atoms. The largest absolute Gasteiger partial charge is 0.316 e. The van der Waals surface area contributed by atoms with E-state index in [-0.39, 0.29) is 0 Å². The first-order valence-electron chi connectivity index (χ1n) is 7.90. The van der Waals surface area contributed by atoms with Crippen molar-refractivity contribution in [2.24, 2.45) is 5.92 Å². The molecule has 2 heterocycles. The van der Waals surface area contributed by atoms with Crippen LogP contribution in [0.2, 0.25) is 0 Å². The van der Waals surface area contributed by atoms with Gasteiger partial charge in [0.05, 0.1) is 6.54 Å². The zero-order valence-electron chi connectivity index (χ0n) is 13.0. The minimum atomic E-state index is 0.517. The molecule has 1 fully saturated rings. The van der Waals surface area contributed by atoms with Gasteiger partial charge in [-0.05, 0) is 62.5 Å². The Balaban J connectivity index is 1.95. The quantitative estimate of drug-likeness (QED) is 0.815. The van der Waals surface area contributed by atoms with Gasteiger partial charge in [-0.3, -0.25) is 4.90 Å². The van der Waals surface area contributed by atoms with Gasteiger partial charge in [0.25, 0.3) is 0 Å². The predicted molar refractivity (Wildman–Crippen MR) is 79.2 cm³/mol. The molecule has 6 nitrogen and oxygen atoms in total. The van der Waals surface area contributed by atoms with Crippen LogP contribution in [0.15, 0.2) is 0 Å². The number of tetrazole rings is 1. The fraction of sp³-hybridized carbons (Fsp3) is 0.929. The topological polar surface area (TPSA) is 58.9 Å². The first kappa shape index (κ1) is 15.4. The van der Waals surface area contributed by atoms with Crippen LogP contribution in [-0.4, -0.2) is 50.8 Å².